The third-order valence-corrected chi connectivity index (χ3v) is 4.98. The lowest BCUT2D eigenvalue weighted by Crippen LogP contribution is -2.36. The molecule has 8 heteroatoms. The predicted molar refractivity (Wildman–Crippen MR) is 107 cm³/mol. The fourth-order valence-electron chi connectivity index (χ4n) is 2.51. The largest absolute Gasteiger partial charge is 0.454 e. The maximum Gasteiger partial charge on any atom is 0.325 e. The Kier molecular flexibility index (Phi) is 6.33. The van der Waals surface area contributed by atoms with Crippen molar-refractivity contribution < 1.29 is 19.1 Å². The van der Waals surface area contributed by atoms with Gasteiger partial charge < -0.3 is 10.1 Å². The first-order valence-corrected chi connectivity index (χ1v) is 9.55. The predicted octanol–water partition coefficient (Wildman–Crippen LogP) is 2.62. The summed E-state index contributed by atoms with van der Waals surface area (Å²) in [6, 6.07) is 16.1. The summed E-state index contributed by atoms with van der Waals surface area (Å²) in [5.74, 6) is -1.43. The van der Waals surface area contributed by atoms with E-state index in [2.05, 4.69) is 10.3 Å². The van der Waals surface area contributed by atoms with E-state index in [9.17, 15) is 14.4 Å². The van der Waals surface area contributed by atoms with E-state index in [-0.39, 0.29) is 18.4 Å². The van der Waals surface area contributed by atoms with Crippen molar-refractivity contribution in [3.05, 3.63) is 60.2 Å². The maximum atomic E-state index is 12.4. The Labute approximate surface area is 165 Å². The van der Waals surface area contributed by atoms with E-state index in [0.717, 1.165) is 10.2 Å². The zero-order valence-corrected chi connectivity index (χ0v) is 16.1. The van der Waals surface area contributed by atoms with Gasteiger partial charge in [-0.3, -0.25) is 19.3 Å². The van der Waals surface area contributed by atoms with Crippen LogP contribution in [-0.4, -0.2) is 42.5 Å². The van der Waals surface area contributed by atoms with Crippen molar-refractivity contribution >= 4 is 44.5 Å². The molecule has 0 spiro atoms. The molecule has 0 saturated carbocycles. The number of nitrogens with one attached hydrogen (secondary N) is 1. The minimum atomic E-state index is -0.682. The Balaban J connectivity index is 1.52. The highest BCUT2D eigenvalue weighted by Crippen LogP contribution is 2.28. The molecule has 0 saturated heterocycles. The Morgan fingerprint density at radius 1 is 1.07 bits per heavy atom. The molecule has 1 N–H and O–H groups in total. The number of likely N-dealkylation sites (N-methyl/N-ethyl adjacent to an activating group) is 1. The van der Waals surface area contributed by atoms with Crippen molar-refractivity contribution in [1.29, 1.82) is 0 Å². The highest BCUT2D eigenvalue weighted by atomic mass is 32.1. The van der Waals surface area contributed by atoms with Gasteiger partial charge in [0.15, 0.2) is 11.7 Å². The molecule has 7 nitrogen and oxygen atoms in total. The lowest BCUT2D eigenvalue weighted by Gasteiger charge is -2.17. The lowest BCUT2D eigenvalue weighted by molar-refractivity contribution is -0.146. The fraction of sp³-hybridized carbons (Fsp3) is 0.200. The lowest BCUT2D eigenvalue weighted by atomic mass is 10.2. The molecular formula is C20H19N3O4S. The van der Waals surface area contributed by atoms with E-state index in [1.807, 2.05) is 31.2 Å². The topological polar surface area (TPSA) is 88.6 Å². The summed E-state index contributed by atoms with van der Waals surface area (Å²) in [7, 11) is 0. The summed E-state index contributed by atoms with van der Waals surface area (Å²) in [5, 5.41) is 3.02. The van der Waals surface area contributed by atoms with E-state index in [1.54, 1.807) is 30.3 Å². The minimum absolute atomic E-state index is 0.311. The van der Waals surface area contributed by atoms with Crippen LogP contribution in [0.1, 0.15) is 17.3 Å². The van der Waals surface area contributed by atoms with Gasteiger partial charge in [0.05, 0.1) is 10.2 Å². The number of amides is 2. The molecule has 0 aliphatic rings. The van der Waals surface area contributed by atoms with Gasteiger partial charge in [0.2, 0.25) is 0 Å². The summed E-state index contributed by atoms with van der Waals surface area (Å²) in [6.45, 7) is 1.50. The number of aromatic nitrogens is 1. The number of para-hydroxylation sites is 1. The van der Waals surface area contributed by atoms with Crippen LogP contribution in [0.4, 0.5) is 5.13 Å². The van der Waals surface area contributed by atoms with Crippen molar-refractivity contribution in [2.45, 2.75) is 6.92 Å². The minimum Gasteiger partial charge on any atom is -0.454 e. The molecule has 1 heterocycles. The Morgan fingerprint density at radius 3 is 2.50 bits per heavy atom. The second kappa shape index (κ2) is 9.09. The van der Waals surface area contributed by atoms with Crippen molar-refractivity contribution in [2.75, 3.05) is 24.6 Å². The van der Waals surface area contributed by atoms with Gasteiger partial charge in [-0.15, -0.1) is 0 Å². The maximum absolute atomic E-state index is 12.4. The van der Waals surface area contributed by atoms with Gasteiger partial charge in [0.1, 0.15) is 6.54 Å². The monoisotopic (exact) mass is 397 g/mol. The standard InChI is InChI=1S/C20H19N3O4S/c1-2-23(20-22-15-10-6-7-11-16(15)28-20)17(24)13-27-18(25)12-21-19(26)14-8-4-3-5-9-14/h3-11H,2,12-13H2,1H3,(H,21,26). The quantitative estimate of drug-likeness (QED) is 0.619. The van der Waals surface area contributed by atoms with E-state index in [1.165, 1.54) is 16.2 Å². The zero-order chi connectivity index (χ0) is 19.9. The number of esters is 1. The molecule has 144 valence electrons. The molecule has 0 unspecified atom stereocenters. The normalized spacial score (nSPS) is 10.5. The first-order chi connectivity index (χ1) is 13.6. The molecule has 2 aromatic carbocycles. The SMILES string of the molecule is CCN(C(=O)COC(=O)CNC(=O)c1ccccc1)c1nc2ccccc2s1. The van der Waals surface area contributed by atoms with Crippen LogP contribution in [0.25, 0.3) is 10.2 Å². The van der Waals surface area contributed by atoms with E-state index >= 15 is 0 Å². The number of carbonyl (C=O) groups excluding carboxylic acids is 3. The van der Waals surface area contributed by atoms with Crippen LogP contribution in [-0.2, 0) is 14.3 Å². The van der Waals surface area contributed by atoms with Crippen LogP contribution in [0.5, 0.6) is 0 Å². The summed E-state index contributed by atoms with van der Waals surface area (Å²) < 4.78 is 5.98. The summed E-state index contributed by atoms with van der Waals surface area (Å²) in [5.41, 5.74) is 1.26. The van der Waals surface area contributed by atoms with E-state index in [4.69, 9.17) is 4.74 Å². The molecule has 3 rings (SSSR count). The van der Waals surface area contributed by atoms with Crippen LogP contribution >= 0.6 is 11.3 Å². The highest BCUT2D eigenvalue weighted by Gasteiger charge is 2.19. The smallest absolute Gasteiger partial charge is 0.325 e. The molecule has 1 aromatic heterocycles. The number of thiazole rings is 1. The third-order valence-electron chi connectivity index (χ3n) is 3.92. The van der Waals surface area contributed by atoms with Crippen LogP contribution in [0.2, 0.25) is 0 Å². The Morgan fingerprint density at radius 2 is 1.79 bits per heavy atom. The number of fused-ring (bicyclic) bond motifs is 1. The molecular weight excluding hydrogens is 378 g/mol. The van der Waals surface area contributed by atoms with Crippen molar-refractivity contribution in [2.24, 2.45) is 0 Å². The van der Waals surface area contributed by atoms with Gasteiger partial charge in [0.25, 0.3) is 11.8 Å². The van der Waals surface area contributed by atoms with E-state index < -0.39 is 12.6 Å². The van der Waals surface area contributed by atoms with Gasteiger partial charge >= 0.3 is 5.97 Å². The number of rotatable bonds is 7. The van der Waals surface area contributed by atoms with Gasteiger partial charge in [-0.25, -0.2) is 4.98 Å². The third kappa shape index (κ3) is 4.72. The van der Waals surface area contributed by atoms with Gasteiger partial charge in [-0.2, -0.15) is 0 Å². The van der Waals surface area contributed by atoms with Gasteiger partial charge in [0, 0.05) is 12.1 Å². The highest BCUT2D eigenvalue weighted by molar-refractivity contribution is 7.22. The zero-order valence-electron chi connectivity index (χ0n) is 15.3. The number of anilines is 1. The molecule has 0 aliphatic carbocycles. The second-order valence-corrected chi connectivity index (χ2v) is 6.82. The number of ether oxygens (including phenoxy) is 1. The number of nitrogens with zero attached hydrogens (tertiary/aromatic N) is 2. The molecule has 0 fully saturated rings. The first kappa shape index (κ1) is 19.5. The van der Waals surface area contributed by atoms with Gasteiger partial charge in [-0.05, 0) is 31.2 Å². The average molecular weight is 397 g/mol. The van der Waals surface area contributed by atoms with Crippen LogP contribution < -0.4 is 10.2 Å². The molecule has 3 aromatic rings. The Hall–Kier alpha value is -3.26. The molecule has 28 heavy (non-hydrogen) atoms. The Bertz CT molecular complexity index is 954. The molecule has 2 amide bonds. The number of benzene rings is 2. The van der Waals surface area contributed by atoms with E-state index in [0.29, 0.717) is 17.2 Å². The van der Waals surface area contributed by atoms with Gasteiger partial charge in [-0.1, -0.05) is 41.7 Å². The summed E-state index contributed by atoms with van der Waals surface area (Å²) in [6.07, 6.45) is 0. The average Bonchev–Trinajstić information content (AvgIpc) is 3.15. The summed E-state index contributed by atoms with van der Waals surface area (Å²) in [4.78, 5) is 42.1. The molecule has 0 bridgehead atoms. The number of hydrogen-bond donors (Lipinski definition) is 1. The van der Waals surface area contributed by atoms with Crippen molar-refractivity contribution in [3.8, 4) is 0 Å². The van der Waals surface area contributed by atoms with Crippen LogP contribution in [0, 0.1) is 0 Å². The number of hydrogen-bond acceptors (Lipinski definition) is 6. The van der Waals surface area contributed by atoms with Crippen LogP contribution in [0.3, 0.4) is 0 Å². The second-order valence-electron chi connectivity index (χ2n) is 5.81. The van der Waals surface area contributed by atoms with Crippen LogP contribution in [0.15, 0.2) is 54.6 Å². The number of carbonyl (C=O) groups is 3. The molecule has 0 atom stereocenters. The van der Waals surface area contributed by atoms with Crippen molar-refractivity contribution in [3.63, 3.8) is 0 Å². The van der Waals surface area contributed by atoms with Crippen molar-refractivity contribution in [1.82, 2.24) is 10.3 Å². The fourth-order valence-corrected chi connectivity index (χ4v) is 3.56. The molecule has 0 radical (unpaired) electrons. The molecule has 0 aliphatic heterocycles. The first-order valence-electron chi connectivity index (χ1n) is 8.73. The summed E-state index contributed by atoms with van der Waals surface area (Å²) >= 11 is 1.40.